The Kier molecular flexibility index (Phi) is 4.21. The van der Waals surface area contributed by atoms with Gasteiger partial charge in [0.2, 0.25) is 5.28 Å². The molecule has 0 radical (unpaired) electrons. The van der Waals surface area contributed by atoms with Crippen molar-refractivity contribution in [3.8, 4) is 0 Å². The lowest BCUT2D eigenvalue weighted by atomic mass is 10.1. The third-order valence-corrected chi connectivity index (χ3v) is 3.09. The number of anilines is 1. The van der Waals surface area contributed by atoms with Crippen LogP contribution in [0.15, 0.2) is 6.20 Å². The average molecular weight is 289 g/mol. The maximum atomic E-state index is 5.87. The number of aromatic nitrogens is 4. The molecule has 3 heterocycles. The molecule has 3 N–H and O–H groups in total. The molecular formula is C10H14Cl2N6. The summed E-state index contributed by atoms with van der Waals surface area (Å²) >= 11 is 5.87. The minimum Gasteiger partial charge on any atom is -0.365 e. The van der Waals surface area contributed by atoms with Gasteiger partial charge >= 0.3 is 0 Å². The summed E-state index contributed by atoms with van der Waals surface area (Å²) in [6.07, 6.45) is 4.02. The standard InChI is InChI=1S/C10H13ClN6.ClH/c11-10-15-8(7-5-13-17-9(7)16-10)14-6-2-1-3-12-4-6;/h5-6,12H,1-4H2,(H2,13,14,15,16,17);1H. The molecule has 0 aromatic carbocycles. The van der Waals surface area contributed by atoms with E-state index < -0.39 is 0 Å². The van der Waals surface area contributed by atoms with Gasteiger partial charge in [0.25, 0.3) is 0 Å². The van der Waals surface area contributed by atoms with Crippen LogP contribution >= 0.6 is 24.0 Å². The number of hydrogen-bond acceptors (Lipinski definition) is 5. The van der Waals surface area contributed by atoms with Crippen molar-refractivity contribution in [2.24, 2.45) is 0 Å². The van der Waals surface area contributed by atoms with Gasteiger partial charge in [-0.25, -0.2) is 0 Å². The molecule has 8 heteroatoms. The number of halogens is 2. The fraction of sp³-hybridized carbons (Fsp3) is 0.500. The number of hydrogen-bond donors (Lipinski definition) is 3. The summed E-state index contributed by atoms with van der Waals surface area (Å²) in [5, 5.41) is 14.6. The molecule has 98 valence electrons. The van der Waals surface area contributed by atoms with Crippen molar-refractivity contribution in [1.29, 1.82) is 0 Å². The second kappa shape index (κ2) is 5.69. The first kappa shape index (κ1) is 13.3. The third kappa shape index (κ3) is 2.66. The van der Waals surface area contributed by atoms with Gasteiger partial charge in [-0.2, -0.15) is 15.1 Å². The minimum atomic E-state index is 0. The summed E-state index contributed by atoms with van der Waals surface area (Å²) in [4.78, 5) is 8.29. The first-order valence-electron chi connectivity index (χ1n) is 5.67. The molecule has 1 fully saturated rings. The summed E-state index contributed by atoms with van der Waals surface area (Å²) in [5.74, 6) is 0.752. The zero-order valence-corrected chi connectivity index (χ0v) is 11.2. The molecule has 2 aromatic heterocycles. The molecule has 0 amide bonds. The Balaban J connectivity index is 0.00000120. The Morgan fingerprint density at radius 2 is 2.28 bits per heavy atom. The van der Waals surface area contributed by atoms with Crippen molar-refractivity contribution in [2.75, 3.05) is 18.4 Å². The molecule has 0 aliphatic carbocycles. The van der Waals surface area contributed by atoms with Gasteiger partial charge in [-0.05, 0) is 31.0 Å². The first-order chi connectivity index (χ1) is 8.33. The van der Waals surface area contributed by atoms with Crippen LogP contribution in [0, 0.1) is 0 Å². The molecule has 1 aliphatic heterocycles. The Morgan fingerprint density at radius 1 is 1.39 bits per heavy atom. The van der Waals surface area contributed by atoms with E-state index in [1.54, 1.807) is 6.20 Å². The van der Waals surface area contributed by atoms with E-state index in [2.05, 4.69) is 30.8 Å². The van der Waals surface area contributed by atoms with Gasteiger partial charge in [-0.15, -0.1) is 12.4 Å². The molecule has 0 bridgehead atoms. The predicted molar refractivity (Wildman–Crippen MR) is 73.5 cm³/mol. The molecule has 18 heavy (non-hydrogen) atoms. The van der Waals surface area contributed by atoms with Crippen molar-refractivity contribution >= 4 is 40.9 Å². The molecule has 3 rings (SSSR count). The first-order valence-corrected chi connectivity index (χ1v) is 6.04. The van der Waals surface area contributed by atoms with Gasteiger partial charge < -0.3 is 10.6 Å². The third-order valence-electron chi connectivity index (χ3n) is 2.92. The quantitative estimate of drug-likeness (QED) is 0.732. The predicted octanol–water partition coefficient (Wildman–Crippen LogP) is 1.59. The molecular weight excluding hydrogens is 275 g/mol. The largest absolute Gasteiger partial charge is 0.365 e. The number of nitrogens with zero attached hydrogens (tertiary/aromatic N) is 3. The van der Waals surface area contributed by atoms with E-state index in [0.717, 1.165) is 30.7 Å². The van der Waals surface area contributed by atoms with E-state index in [4.69, 9.17) is 11.6 Å². The van der Waals surface area contributed by atoms with Gasteiger partial charge in [0.15, 0.2) is 5.65 Å². The van der Waals surface area contributed by atoms with E-state index in [1.807, 2.05) is 0 Å². The van der Waals surface area contributed by atoms with Gasteiger partial charge in [0.1, 0.15) is 5.82 Å². The summed E-state index contributed by atoms with van der Waals surface area (Å²) in [6.45, 7) is 2.03. The van der Waals surface area contributed by atoms with Crippen LogP contribution in [-0.4, -0.2) is 39.3 Å². The normalized spacial score (nSPS) is 19.5. The smallest absolute Gasteiger partial charge is 0.226 e. The fourth-order valence-corrected chi connectivity index (χ4v) is 2.26. The lowest BCUT2D eigenvalue weighted by Gasteiger charge is -2.24. The number of aromatic amines is 1. The summed E-state index contributed by atoms with van der Waals surface area (Å²) in [7, 11) is 0. The molecule has 0 saturated carbocycles. The van der Waals surface area contributed by atoms with E-state index >= 15 is 0 Å². The maximum Gasteiger partial charge on any atom is 0.226 e. The molecule has 1 unspecified atom stereocenters. The van der Waals surface area contributed by atoms with Crippen LogP contribution in [0.25, 0.3) is 11.0 Å². The number of nitrogens with one attached hydrogen (secondary N) is 3. The van der Waals surface area contributed by atoms with Crippen LogP contribution in [0.5, 0.6) is 0 Å². The lowest BCUT2D eigenvalue weighted by molar-refractivity contribution is 0.479. The minimum absolute atomic E-state index is 0. The Bertz CT molecular complexity index is 522. The van der Waals surface area contributed by atoms with Gasteiger partial charge in [0, 0.05) is 12.6 Å². The van der Waals surface area contributed by atoms with Crippen molar-refractivity contribution in [3.63, 3.8) is 0 Å². The number of rotatable bonds is 2. The highest BCUT2D eigenvalue weighted by Crippen LogP contribution is 2.21. The SMILES string of the molecule is Cl.Clc1nc(NC2CCCNC2)c2cn[nH]c2n1. The van der Waals surface area contributed by atoms with Crippen molar-refractivity contribution < 1.29 is 0 Å². The molecule has 6 nitrogen and oxygen atoms in total. The zero-order chi connectivity index (χ0) is 11.7. The molecule has 1 atom stereocenters. The second-order valence-electron chi connectivity index (χ2n) is 4.16. The average Bonchev–Trinajstić information content (AvgIpc) is 2.78. The monoisotopic (exact) mass is 288 g/mol. The zero-order valence-electron chi connectivity index (χ0n) is 9.61. The van der Waals surface area contributed by atoms with E-state index in [9.17, 15) is 0 Å². The van der Waals surface area contributed by atoms with Crippen molar-refractivity contribution in [3.05, 3.63) is 11.5 Å². The molecule has 2 aromatic rings. The molecule has 1 saturated heterocycles. The highest BCUT2D eigenvalue weighted by atomic mass is 35.5. The highest BCUT2D eigenvalue weighted by Gasteiger charge is 2.16. The number of piperidine rings is 1. The second-order valence-corrected chi connectivity index (χ2v) is 4.50. The fourth-order valence-electron chi connectivity index (χ4n) is 2.09. The molecule has 1 aliphatic rings. The van der Waals surface area contributed by atoms with Crippen molar-refractivity contribution in [1.82, 2.24) is 25.5 Å². The van der Waals surface area contributed by atoms with Crippen molar-refractivity contribution in [2.45, 2.75) is 18.9 Å². The Hall–Kier alpha value is -1.11. The Labute approximate surface area is 115 Å². The van der Waals surface area contributed by atoms with Crippen LogP contribution in [-0.2, 0) is 0 Å². The van der Waals surface area contributed by atoms with Gasteiger partial charge in [0.05, 0.1) is 11.6 Å². The summed E-state index contributed by atoms with van der Waals surface area (Å²) < 4.78 is 0. The lowest BCUT2D eigenvalue weighted by Crippen LogP contribution is -2.38. The van der Waals surface area contributed by atoms with Crippen LogP contribution < -0.4 is 10.6 Å². The topological polar surface area (TPSA) is 78.5 Å². The van der Waals surface area contributed by atoms with E-state index in [1.165, 1.54) is 6.42 Å². The number of fused-ring (bicyclic) bond motifs is 1. The number of H-pyrrole nitrogens is 1. The van der Waals surface area contributed by atoms with Crippen LogP contribution in [0.3, 0.4) is 0 Å². The van der Waals surface area contributed by atoms with E-state index in [-0.39, 0.29) is 17.7 Å². The summed E-state index contributed by atoms with van der Waals surface area (Å²) in [5.41, 5.74) is 0.663. The van der Waals surface area contributed by atoms with Gasteiger partial charge in [-0.1, -0.05) is 0 Å². The van der Waals surface area contributed by atoms with Crippen LogP contribution in [0.2, 0.25) is 5.28 Å². The van der Waals surface area contributed by atoms with E-state index in [0.29, 0.717) is 11.7 Å². The maximum absolute atomic E-state index is 5.87. The van der Waals surface area contributed by atoms with Crippen LogP contribution in [0.1, 0.15) is 12.8 Å². The van der Waals surface area contributed by atoms with Crippen LogP contribution in [0.4, 0.5) is 5.82 Å². The summed E-state index contributed by atoms with van der Waals surface area (Å²) in [6, 6.07) is 0.382. The highest BCUT2D eigenvalue weighted by molar-refractivity contribution is 6.28. The molecule has 0 spiro atoms. The Morgan fingerprint density at radius 3 is 3.06 bits per heavy atom. The van der Waals surface area contributed by atoms with Gasteiger partial charge in [-0.3, -0.25) is 5.10 Å².